The summed E-state index contributed by atoms with van der Waals surface area (Å²) in [7, 11) is 0. The fraction of sp³-hybridized carbons (Fsp3) is 0.500. The lowest BCUT2D eigenvalue weighted by molar-refractivity contribution is -0.125. The van der Waals surface area contributed by atoms with Gasteiger partial charge in [-0.05, 0) is 42.9 Å². The molecule has 1 aliphatic heterocycles. The Morgan fingerprint density at radius 1 is 1.05 bits per heavy atom. The van der Waals surface area contributed by atoms with Crippen molar-refractivity contribution in [2.75, 3.05) is 13.1 Å². The van der Waals surface area contributed by atoms with Gasteiger partial charge in [-0.2, -0.15) is 0 Å². The molecule has 1 aromatic carbocycles. The predicted molar refractivity (Wildman–Crippen MR) is 73.2 cm³/mol. The second kappa shape index (κ2) is 5.16. The lowest BCUT2D eigenvalue weighted by Crippen LogP contribution is -2.10. The van der Waals surface area contributed by atoms with Gasteiger partial charge >= 0.3 is 0 Å². The van der Waals surface area contributed by atoms with Gasteiger partial charge in [0.2, 0.25) is 5.91 Å². The summed E-state index contributed by atoms with van der Waals surface area (Å²) in [6.07, 6.45) is 5.12. The van der Waals surface area contributed by atoms with Crippen LogP contribution in [0.3, 0.4) is 0 Å². The van der Waals surface area contributed by atoms with Crippen molar-refractivity contribution < 1.29 is 9.59 Å². The molecule has 19 heavy (non-hydrogen) atoms. The van der Waals surface area contributed by atoms with Gasteiger partial charge in [-0.3, -0.25) is 9.59 Å². The van der Waals surface area contributed by atoms with Crippen LogP contribution in [-0.4, -0.2) is 29.7 Å². The molecule has 0 bridgehead atoms. The van der Waals surface area contributed by atoms with Crippen LogP contribution in [0.5, 0.6) is 0 Å². The molecule has 0 saturated carbocycles. The van der Waals surface area contributed by atoms with Crippen molar-refractivity contribution in [3.8, 4) is 0 Å². The molecule has 0 spiro atoms. The largest absolute Gasteiger partial charge is 0.339 e. The molecule has 1 saturated heterocycles. The number of amides is 1. The van der Waals surface area contributed by atoms with E-state index in [4.69, 9.17) is 0 Å². The fourth-order valence-corrected chi connectivity index (χ4v) is 2.75. The van der Waals surface area contributed by atoms with Gasteiger partial charge in [0.05, 0.1) is 0 Å². The smallest absolute Gasteiger partial charge is 0.222 e. The van der Waals surface area contributed by atoms with Gasteiger partial charge < -0.3 is 4.90 Å². The second-order valence-corrected chi connectivity index (χ2v) is 5.49. The van der Waals surface area contributed by atoms with E-state index in [1.807, 2.05) is 11.0 Å². The van der Waals surface area contributed by atoms with Crippen LogP contribution in [0.25, 0.3) is 0 Å². The number of carbonyl (C=O) groups excluding carboxylic acids is 2. The van der Waals surface area contributed by atoms with Gasteiger partial charge in [0.1, 0.15) is 0 Å². The van der Waals surface area contributed by atoms with Gasteiger partial charge in [0.25, 0.3) is 0 Å². The second-order valence-electron chi connectivity index (χ2n) is 5.49. The first-order valence-corrected chi connectivity index (χ1v) is 7.17. The molecule has 0 N–H and O–H groups in total. The average Bonchev–Trinajstić information content (AvgIpc) is 3.16. The molecule has 1 heterocycles. The number of nitrogens with zero attached hydrogens (tertiary/aromatic N) is 1. The van der Waals surface area contributed by atoms with E-state index < -0.39 is 0 Å². The summed E-state index contributed by atoms with van der Waals surface area (Å²) in [5.41, 5.74) is 3.55. The lowest BCUT2D eigenvalue weighted by Gasteiger charge is -2.05. The third kappa shape index (κ3) is 2.86. The van der Waals surface area contributed by atoms with E-state index in [-0.39, 0.29) is 11.7 Å². The number of carbonyl (C=O) groups is 2. The van der Waals surface area contributed by atoms with E-state index in [1.165, 1.54) is 17.5 Å². The number of ketones is 1. The number of hydrogen-bond donors (Lipinski definition) is 0. The number of rotatable bonds is 5. The summed E-state index contributed by atoms with van der Waals surface area (Å²) in [4.78, 5) is 25.4. The first kappa shape index (κ1) is 12.4. The van der Waals surface area contributed by atoms with Crippen molar-refractivity contribution in [1.29, 1.82) is 0 Å². The minimum atomic E-state index is 0.174. The highest BCUT2D eigenvalue weighted by molar-refractivity contribution is 5.96. The maximum absolute atomic E-state index is 12.1. The Morgan fingerprint density at radius 3 is 2.63 bits per heavy atom. The number of fused-ring (bicyclic) bond motifs is 1. The highest BCUT2D eigenvalue weighted by Crippen LogP contribution is 2.23. The van der Waals surface area contributed by atoms with Crippen molar-refractivity contribution in [1.82, 2.24) is 4.90 Å². The molecule has 0 unspecified atom stereocenters. The van der Waals surface area contributed by atoms with E-state index in [1.54, 1.807) is 0 Å². The maximum Gasteiger partial charge on any atom is 0.222 e. The van der Waals surface area contributed by atoms with Crippen molar-refractivity contribution in [2.45, 2.75) is 38.5 Å². The third-order valence-corrected chi connectivity index (χ3v) is 4.01. The molecular weight excluding hydrogens is 238 g/mol. The molecule has 1 fully saturated rings. The normalized spacial score (nSPS) is 16.3. The molecule has 3 rings (SSSR count). The molecular formula is C16H19NO2. The number of Topliss-reactive ketones (excluding diaryl/α,β-unsaturated/α-hetero) is 1. The van der Waals surface area contributed by atoms with Crippen LogP contribution < -0.4 is 0 Å². The Hall–Kier alpha value is -1.64. The molecule has 0 radical (unpaired) electrons. The van der Waals surface area contributed by atoms with Crippen LogP contribution in [0, 0.1) is 0 Å². The van der Waals surface area contributed by atoms with E-state index in [0.29, 0.717) is 19.3 Å². The lowest BCUT2D eigenvalue weighted by atomic mass is 10.0. The fourth-order valence-electron chi connectivity index (χ4n) is 2.75. The van der Waals surface area contributed by atoms with Crippen LogP contribution >= 0.6 is 0 Å². The van der Waals surface area contributed by atoms with Crippen molar-refractivity contribution >= 4 is 11.7 Å². The number of benzene rings is 1. The third-order valence-electron chi connectivity index (χ3n) is 4.01. The minimum absolute atomic E-state index is 0.174. The van der Waals surface area contributed by atoms with Crippen LogP contribution in [0.4, 0.5) is 0 Å². The summed E-state index contributed by atoms with van der Waals surface area (Å²) in [5.74, 6) is 0.370. The Bertz CT molecular complexity index is 517. The van der Waals surface area contributed by atoms with E-state index in [0.717, 1.165) is 31.5 Å². The molecule has 0 atom stereocenters. The number of hydrogen-bond acceptors (Lipinski definition) is 2. The highest BCUT2D eigenvalue weighted by Gasteiger charge is 2.23. The zero-order chi connectivity index (χ0) is 13.2. The van der Waals surface area contributed by atoms with Crippen molar-refractivity contribution in [2.24, 2.45) is 0 Å². The Labute approximate surface area is 113 Å². The molecule has 2 aliphatic rings. The van der Waals surface area contributed by atoms with Gasteiger partial charge in [0, 0.05) is 31.5 Å². The van der Waals surface area contributed by atoms with Gasteiger partial charge in [-0.1, -0.05) is 12.1 Å². The molecule has 1 aliphatic carbocycles. The van der Waals surface area contributed by atoms with Crippen LogP contribution in [0.1, 0.15) is 47.2 Å². The Kier molecular flexibility index (Phi) is 3.36. The molecule has 100 valence electrons. The SMILES string of the molecule is O=C(CCCC(=O)N1CC1)c1ccc2c(c1)CCC2. The standard InChI is InChI=1S/C16H19NO2/c18-15(5-2-6-16(19)17-9-10-17)14-8-7-12-3-1-4-13(12)11-14/h7-8,11H,1-6,9-10H2. The Morgan fingerprint density at radius 2 is 1.84 bits per heavy atom. The topological polar surface area (TPSA) is 37.1 Å². The van der Waals surface area contributed by atoms with Crippen LogP contribution in [0.2, 0.25) is 0 Å². The van der Waals surface area contributed by atoms with Crippen LogP contribution in [-0.2, 0) is 17.6 Å². The average molecular weight is 257 g/mol. The summed E-state index contributed by atoms with van der Waals surface area (Å²) < 4.78 is 0. The summed E-state index contributed by atoms with van der Waals surface area (Å²) in [5, 5.41) is 0. The highest BCUT2D eigenvalue weighted by atomic mass is 16.2. The van der Waals surface area contributed by atoms with Gasteiger partial charge in [0.15, 0.2) is 5.78 Å². The monoisotopic (exact) mass is 257 g/mol. The molecule has 3 heteroatoms. The molecule has 0 aromatic heterocycles. The zero-order valence-corrected chi connectivity index (χ0v) is 11.2. The summed E-state index contributed by atoms with van der Waals surface area (Å²) >= 11 is 0. The Balaban J connectivity index is 1.53. The maximum atomic E-state index is 12.1. The summed E-state index contributed by atoms with van der Waals surface area (Å²) in [6, 6.07) is 6.09. The molecule has 1 amide bonds. The first-order valence-electron chi connectivity index (χ1n) is 7.17. The van der Waals surface area contributed by atoms with Gasteiger partial charge in [-0.25, -0.2) is 0 Å². The van der Waals surface area contributed by atoms with E-state index in [9.17, 15) is 9.59 Å². The van der Waals surface area contributed by atoms with E-state index >= 15 is 0 Å². The predicted octanol–water partition coefficient (Wildman–Crippen LogP) is 2.37. The van der Waals surface area contributed by atoms with Crippen molar-refractivity contribution in [3.05, 3.63) is 34.9 Å². The summed E-state index contributed by atoms with van der Waals surface area (Å²) in [6.45, 7) is 1.80. The molecule has 3 nitrogen and oxygen atoms in total. The minimum Gasteiger partial charge on any atom is -0.339 e. The quantitative estimate of drug-likeness (QED) is 0.600. The zero-order valence-electron chi connectivity index (χ0n) is 11.2. The van der Waals surface area contributed by atoms with Crippen molar-refractivity contribution in [3.63, 3.8) is 0 Å². The molecule has 1 aromatic rings. The van der Waals surface area contributed by atoms with E-state index in [2.05, 4.69) is 12.1 Å². The van der Waals surface area contributed by atoms with Crippen LogP contribution in [0.15, 0.2) is 18.2 Å². The number of aryl methyl sites for hydroxylation is 2. The van der Waals surface area contributed by atoms with Gasteiger partial charge in [-0.15, -0.1) is 0 Å². The first-order chi connectivity index (χ1) is 9.24.